The van der Waals surface area contributed by atoms with Crippen LogP contribution < -0.4 is 14.4 Å². The summed E-state index contributed by atoms with van der Waals surface area (Å²) in [5.41, 5.74) is 1.84. The van der Waals surface area contributed by atoms with Crippen LogP contribution in [-0.2, 0) is 14.8 Å². The van der Waals surface area contributed by atoms with Gasteiger partial charge in [-0.1, -0.05) is 46.3 Å². The van der Waals surface area contributed by atoms with Gasteiger partial charge in [0.2, 0.25) is 5.91 Å². The van der Waals surface area contributed by atoms with Gasteiger partial charge in [-0.3, -0.25) is 9.10 Å². The molecule has 3 aromatic carbocycles. The van der Waals surface area contributed by atoms with Crippen LogP contribution in [0.5, 0.6) is 5.75 Å². The fraction of sp³-hybridized carbons (Fsp3) is 0.174. The lowest BCUT2D eigenvalue weighted by Gasteiger charge is -2.26. The van der Waals surface area contributed by atoms with Gasteiger partial charge in [0.05, 0.1) is 17.2 Å². The number of carbonyl (C=O) groups excluding carboxylic acids is 1. The van der Waals surface area contributed by atoms with Gasteiger partial charge < -0.3 is 10.1 Å². The maximum Gasteiger partial charge on any atom is 0.264 e. The van der Waals surface area contributed by atoms with Gasteiger partial charge in [0.25, 0.3) is 10.0 Å². The van der Waals surface area contributed by atoms with E-state index in [1.165, 1.54) is 12.1 Å². The summed E-state index contributed by atoms with van der Waals surface area (Å²) >= 11 is 3.43. The quantitative estimate of drug-likeness (QED) is 0.470. The van der Waals surface area contributed by atoms with Gasteiger partial charge >= 0.3 is 0 Å². The maximum atomic E-state index is 13.5. The first-order chi connectivity index (χ1) is 14.8. The Kier molecular flexibility index (Phi) is 7.35. The molecule has 0 bridgehead atoms. The minimum Gasteiger partial charge on any atom is -0.492 e. The molecule has 0 saturated carbocycles. The number of nitrogens with zero attached hydrogens (tertiary/aromatic N) is 1. The monoisotopic (exact) mass is 502 g/mol. The average molecular weight is 503 g/mol. The van der Waals surface area contributed by atoms with Crippen molar-refractivity contribution in [2.45, 2.75) is 18.7 Å². The molecule has 1 amide bonds. The summed E-state index contributed by atoms with van der Waals surface area (Å²) in [5.74, 6) is -0.0793. The Morgan fingerprint density at radius 2 is 1.71 bits per heavy atom. The Balaban J connectivity index is 1.98. The SMILES string of the molecule is CCOc1ccccc1N(CC(=O)Nc1ccc(Br)c(C)c1)S(=O)(=O)c1ccccc1. The van der Waals surface area contributed by atoms with Crippen LogP contribution in [0.15, 0.2) is 82.2 Å². The van der Waals surface area contributed by atoms with Gasteiger partial charge in [0.1, 0.15) is 12.3 Å². The van der Waals surface area contributed by atoms with Gasteiger partial charge in [-0.2, -0.15) is 0 Å². The lowest BCUT2D eigenvalue weighted by atomic mass is 10.2. The Morgan fingerprint density at radius 3 is 2.39 bits per heavy atom. The summed E-state index contributed by atoms with van der Waals surface area (Å²) in [5, 5.41) is 2.78. The molecule has 3 aromatic rings. The van der Waals surface area contributed by atoms with Crippen molar-refractivity contribution in [1.29, 1.82) is 0 Å². The third-order valence-corrected chi connectivity index (χ3v) is 7.16. The van der Waals surface area contributed by atoms with Gasteiger partial charge in [-0.05, 0) is 61.9 Å². The molecule has 6 nitrogen and oxygen atoms in total. The first-order valence-electron chi connectivity index (χ1n) is 9.68. The van der Waals surface area contributed by atoms with E-state index >= 15 is 0 Å². The standard InChI is InChI=1S/C23H23BrN2O4S/c1-3-30-22-12-8-7-11-21(22)26(31(28,29)19-9-5-4-6-10-19)16-23(27)25-18-13-14-20(24)17(2)15-18/h4-15H,3,16H2,1-2H3,(H,25,27). The maximum absolute atomic E-state index is 13.5. The van der Waals surface area contributed by atoms with Crippen LogP contribution >= 0.6 is 15.9 Å². The number of hydrogen-bond acceptors (Lipinski definition) is 4. The number of sulfonamides is 1. The van der Waals surface area contributed by atoms with Crippen molar-refractivity contribution in [2.24, 2.45) is 0 Å². The smallest absolute Gasteiger partial charge is 0.264 e. The summed E-state index contributed by atoms with van der Waals surface area (Å²) in [6.07, 6.45) is 0. The van der Waals surface area contributed by atoms with Crippen molar-refractivity contribution in [2.75, 3.05) is 22.8 Å². The Hall–Kier alpha value is -2.84. The number of benzene rings is 3. The highest BCUT2D eigenvalue weighted by atomic mass is 79.9. The van der Waals surface area contributed by atoms with Crippen LogP contribution in [-0.4, -0.2) is 27.5 Å². The average Bonchev–Trinajstić information content (AvgIpc) is 2.76. The van der Waals surface area contributed by atoms with E-state index in [0.29, 0.717) is 23.7 Å². The van der Waals surface area contributed by atoms with E-state index in [9.17, 15) is 13.2 Å². The first-order valence-corrected chi connectivity index (χ1v) is 11.9. The van der Waals surface area contributed by atoms with Crippen LogP contribution in [0.3, 0.4) is 0 Å². The fourth-order valence-corrected chi connectivity index (χ4v) is 4.71. The van der Waals surface area contributed by atoms with E-state index in [-0.39, 0.29) is 4.90 Å². The number of ether oxygens (including phenoxy) is 1. The highest BCUT2D eigenvalue weighted by molar-refractivity contribution is 9.10. The second-order valence-corrected chi connectivity index (χ2v) is 9.45. The number of nitrogens with one attached hydrogen (secondary N) is 1. The fourth-order valence-electron chi connectivity index (χ4n) is 3.01. The molecule has 0 heterocycles. The number of rotatable bonds is 8. The van der Waals surface area contributed by atoms with E-state index < -0.39 is 22.5 Å². The van der Waals surface area contributed by atoms with Gasteiger partial charge in [-0.25, -0.2) is 8.42 Å². The lowest BCUT2D eigenvalue weighted by Crippen LogP contribution is -2.38. The minimum atomic E-state index is -4.01. The number of amides is 1. The number of para-hydroxylation sites is 2. The zero-order valence-corrected chi connectivity index (χ0v) is 19.6. The zero-order chi connectivity index (χ0) is 22.4. The molecule has 0 aliphatic rings. The molecule has 0 radical (unpaired) electrons. The Morgan fingerprint density at radius 1 is 1.03 bits per heavy atom. The third-order valence-electron chi connectivity index (χ3n) is 4.49. The van der Waals surface area contributed by atoms with Crippen LogP contribution in [0.25, 0.3) is 0 Å². The molecule has 0 aliphatic carbocycles. The van der Waals surface area contributed by atoms with Gasteiger partial charge in [0.15, 0.2) is 0 Å². The van der Waals surface area contributed by atoms with Crippen molar-refractivity contribution < 1.29 is 17.9 Å². The van der Waals surface area contributed by atoms with E-state index in [1.54, 1.807) is 48.5 Å². The number of carbonyl (C=O) groups is 1. The van der Waals surface area contributed by atoms with Crippen molar-refractivity contribution >= 4 is 43.2 Å². The summed E-state index contributed by atoms with van der Waals surface area (Å²) in [6.45, 7) is 3.68. The predicted octanol–water partition coefficient (Wildman–Crippen LogP) is 4.99. The van der Waals surface area contributed by atoms with Gasteiger partial charge in [0, 0.05) is 10.2 Å². The summed E-state index contributed by atoms with van der Waals surface area (Å²) in [7, 11) is -4.01. The Bertz CT molecular complexity index is 1170. The van der Waals surface area contributed by atoms with E-state index in [4.69, 9.17) is 4.74 Å². The summed E-state index contributed by atoms with van der Waals surface area (Å²) in [4.78, 5) is 13.0. The second-order valence-electron chi connectivity index (χ2n) is 6.74. The van der Waals surface area contributed by atoms with Crippen molar-refractivity contribution in [3.05, 3.63) is 82.8 Å². The van der Waals surface area contributed by atoms with Crippen LogP contribution in [0.4, 0.5) is 11.4 Å². The Labute approximate surface area is 191 Å². The summed E-state index contributed by atoms with van der Waals surface area (Å²) < 4.78 is 34.6. The molecular weight excluding hydrogens is 480 g/mol. The van der Waals surface area contributed by atoms with Crippen LogP contribution in [0.2, 0.25) is 0 Å². The van der Waals surface area contributed by atoms with Gasteiger partial charge in [-0.15, -0.1) is 0 Å². The largest absolute Gasteiger partial charge is 0.492 e. The van der Waals surface area contributed by atoms with E-state index in [1.807, 2.05) is 26.0 Å². The molecule has 162 valence electrons. The molecule has 0 saturated heterocycles. The topological polar surface area (TPSA) is 75.7 Å². The summed E-state index contributed by atoms with van der Waals surface area (Å²) in [6, 6.07) is 20.2. The number of hydrogen-bond donors (Lipinski definition) is 1. The second kappa shape index (κ2) is 9.98. The minimum absolute atomic E-state index is 0.0913. The van der Waals surface area contributed by atoms with Crippen LogP contribution in [0.1, 0.15) is 12.5 Å². The third kappa shape index (κ3) is 5.45. The molecule has 0 spiro atoms. The molecule has 0 fully saturated rings. The van der Waals surface area contributed by atoms with Crippen molar-refractivity contribution in [3.63, 3.8) is 0 Å². The van der Waals surface area contributed by atoms with Crippen molar-refractivity contribution in [1.82, 2.24) is 0 Å². The molecule has 31 heavy (non-hydrogen) atoms. The highest BCUT2D eigenvalue weighted by Gasteiger charge is 2.29. The van der Waals surface area contributed by atoms with E-state index in [0.717, 1.165) is 14.3 Å². The zero-order valence-electron chi connectivity index (χ0n) is 17.2. The predicted molar refractivity (Wildman–Crippen MR) is 126 cm³/mol. The molecule has 8 heteroatoms. The molecule has 0 unspecified atom stereocenters. The molecule has 1 N–H and O–H groups in total. The lowest BCUT2D eigenvalue weighted by molar-refractivity contribution is -0.114. The molecular formula is C23H23BrN2O4S. The number of halogens is 1. The molecule has 0 atom stereocenters. The van der Waals surface area contributed by atoms with Crippen molar-refractivity contribution in [3.8, 4) is 5.75 Å². The molecule has 0 aliphatic heterocycles. The highest BCUT2D eigenvalue weighted by Crippen LogP contribution is 2.32. The first kappa shape index (κ1) is 22.8. The molecule has 3 rings (SSSR count). The number of aryl methyl sites for hydroxylation is 1. The van der Waals surface area contributed by atoms with Crippen LogP contribution in [0, 0.1) is 6.92 Å². The number of anilines is 2. The van der Waals surface area contributed by atoms with E-state index in [2.05, 4.69) is 21.2 Å². The normalized spacial score (nSPS) is 11.1. The molecule has 0 aromatic heterocycles.